The number of rotatable bonds is 6. The van der Waals surface area contributed by atoms with Gasteiger partial charge in [-0.3, -0.25) is 0 Å². The molecule has 0 amide bonds. The summed E-state index contributed by atoms with van der Waals surface area (Å²) in [4.78, 5) is 8.75. The SMILES string of the molecule is Cc1ccc(-c2nc(N)nc3c(Cc4cccc(CO[C@H]5CCOC5)c4)cnn23)o1. The number of furan rings is 1. The van der Waals surface area contributed by atoms with Crippen LogP contribution in [0.4, 0.5) is 5.95 Å². The summed E-state index contributed by atoms with van der Waals surface area (Å²) in [6.45, 7) is 3.93. The highest BCUT2D eigenvalue weighted by Gasteiger charge is 2.17. The third kappa shape index (κ3) is 3.79. The van der Waals surface area contributed by atoms with Crippen molar-refractivity contribution in [1.82, 2.24) is 19.6 Å². The van der Waals surface area contributed by atoms with Gasteiger partial charge in [0.05, 0.1) is 25.5 Å². The Morgan fingerprint density at radius 3 is 2.90 bits per heavy atom. The molecular formula is C22H23N5O3. The standard InChI is InChI=1S/C22H23N5O3/c1-14-5-6-19(30-14)21-26-22(23)25-20-17(11-24-27(20)21)10-15-3-2-4-16(9-15)12-29-18-7-8-28-13-18/h2-6,9,11,18H,7-8,10,12-13H2,1H3,(H2,23,25)/t18-/m0/s1. The first-order valence-electron chi connectivity index (χ1n) is 10.00. The number of aromatic nitrogens is 4. The molecule has 3 aromatic heterocycles. The van der Waals surface area contributed by atoms with Gasteiger partial charge in [-0.25, -0.2) is 0 Å². The first-order chi connectivity index (χ1) is 14.7. The largest absolute Gasteiger partial charge is 0.458 e. The van der Waals surface area contributed by atoms with Crippen LogP contribution in [-0.2, 0) is 22.5 Å². The number of hydrogen-bond donors (Lipinski definition) is 1. The minimum Gasteiger partial charge on any atom is -0.458 e. The average Bonchev–Trinajstić information content (AvgIpc) is 3.48. The molecule has 4 heterocycles. The Balaban J connectivity index is 1.40. The summed E-state index contributed by atoms with van der Waals surface area (Å²) in [7, 11) is 0. The fraction of sp³-hybridized carbons (Fsp3) is 0.318. The molecule has 8 heteroatoms. The highest BCUT2D eigenvalue weighted by atomic mass is 16.5. The summed E-state index contributed by atoms with van der Waals surface area (Å²) < 4.78 is 18.7. The molecule has 1 aromatic carbocycles. The maximum absolute atomic E-state index is 5.98. The third-order valence-corrected chi connectivity index (χ3v) is 5.18. The molecule has 1 aliphatic rings. The fourth-order valence-electron chi connectivity index (χ4n) is 3.69. The van der Waals surface area contributed by atoms with Crippen LogP contribution in [0.1, 0.15) is 28.9 Å². The van der Waals surface area contributed by atoms with Crippen molar-refractivity contribution in [2.24, 2.45) is 0 Å². The van der Waals surface area contributed by atoms with E-state index in [1.807, 2.05) is 31.3 Å². The van der Waals surface area contributed by atoms with Crippen molar-refractivity contribution >= 4 is 11.6 Å². The number of fused-ring (bicyclic) bond motifs is 1. The molecule has 154 valence electrons. The highest BCUT2D eigenvalue weighted by Crippen LogP contribution is 2.24. The molecule has 0 radical (unpaired) electrons. The smallest absolute Gasteiger partial charge is 0.224 e. The summed E-state index contributed by atoms with van der Waals surface area (Å²) >= 11 is 0. The van der Waals surface area contributed by atoms with Crippen LogP contribution < -0.4 is 5.73 Å². The van der Waals surface area contributed by atoms with Gasteiger partial charge < -0.3 is 19.6 Å². The van der Waals surface area contributed by atoms with E-state index in [0.29, 0.717) is 36.9 Å². The van der Waals surface area contributed by atoms with Crippen molar-refractivity contribution in [2.75, 3.05) is 18.9 Å². The molecule has 2 N–H and O–H groups in total. The van der Waals surface area contributed by atoms with Gasteiger partial charge in [-0.15, -0.1) is 0 Å². The van der Waals surface area contributed by atoms with Crippen molar-refractivity contribution in [3.8, 4) is 11.6 Å². The Kier molecular flexibility index (Phi) is 4.94. The van der Waals surface area contributed by atoms with Crippen LogP contribution in [0.15, 0.2) is 47.0 Å². The molecule has 0 unspecified atom stereocenters. The second-order valence-corrected chi connectivity index (χ2v) is 7.51. The molecule has 0 saturated carbocycles. The number of benzene rings is 1. The minimum absolute atomic E-state index is 0.189. The molecule has 30 heavy (non-hydrogen) atoms. The zero-order chi connectivity index (χ0) is 20.5. The fourth-order valence-corrected chi connectivity index (χ4v) is 3.69. The van der Waals surface area contributed by atoms with Gasteiger partial charge in [-0.1, -0.05) is 24.3 Å². The lowest BCUT2D eigenvalue weighted by Crippen LogP contribution is -2.11. The minimum atomic E-state index is 0.189. The topological polar surface area (TPSA) is 101 Å². The van der Waals surface area contributed by atoms with Gasteiger partial charge >= 0.3 is 0 Å². The third-order valence-electron chi connectivity index (χ3n) is 5.18. The average molecular weight is 405 g/mol. The molecule has 0 spiro atoms. The van der Waals surface area contributed by atoms with Gasteiger partial charge in [0.15, 0.2) is 11.4 Å². The molecule has 0 bridgehead atoms. The van der Waals surface area contributed by atoms with E-state index in [9.17, 15) is 0 Å². The molecule has 1 saturated heterocycles. The van der Waals surface area contributed by atoms with E-state index in [2.05, 4.69) is 33.3 Å². The Morgan fingerprint density at radius 2 is 2.10 bits per heavy atom. The van der Waals surface area contributed by atoms with Crippen molar-refractivity contribution in [2.45, 2.75) is 32.5 Å². The summed E-state index contributed by atoms with van der Waals surface area (Å²) in [5, 5.41) is 4.49. The number of nitrogen functional groups attached to an aromatic ring is 1. The maximum Gasteiger partial charge on any atom is 0.224 e. The zero-order valence-electron chi connectivity index (χ0n) is 16.7. The lowest BCUT2D eigenvalue weighted by Gasteiger charge is -2.10. The number of hydrogen-bond acceptors (Lipinski definition) is 7. The van der Waals surface area contributed by atoms with Crippen LogP contribution in [0.25, 0.3) is 17.2 Å². The normalized spacial score (nSPS) is 16.5. The lowest BCUT2D eigenvalue weighted by atomic mass is 10.0. The monoisotopic (exact) mass is 405 g/mol. The molecule has 8 nitrogen and oxygen atoms in total. The second kappa shape index (κ2) is 7.89. The highest BCUT2D eigenvalue weighted by molar-refractivity contribution is 5.59. The number of nitrogens with two attached hydrogens (primary N) is 1. The Bertz CT molecular complexity index is 1180. The first kappa shape index (κ1) is 18.8. The van der Waals surface area contributed by atoms with Crippen molar-refractivity contribution in [3.63, 3.8) is 0 Å². The molecule has 4 aromatic rings. The summed E-state index contributed by atoms with van der Waals surface area (Å²) in [5.41, 5.74) is 9.92. The number of ether oxygens (including phenoxy) is 2. The Hall–Kier alpha value is -3.23. The lowest BCUT2D eigenvalue weighted by molar-refractivity contribution is 0.0317. The van der Waals surface area contributed by atoms with E-state index in [1.165, 1.54) is 0 Å². The first-order valence-corrected chi connectivity index (χ1v) is 10.00. The van der Waals surface area contributed by atoms with Crippen LogP contribution in [0.5, 0.6) is 0 Å². The van der Waals surface area contributed by atoms with E-state index >= 15 is 0 Å². The second-order valence-electron chi connectivity index (χ2n) is 7.51. The van der Waals surface area contributed by atoms with Crippen LogP contribution >= 0.6 is 0 Å². The summed E-state index contributed by atoms with van der Waals surface area (Å²) in [5.74, 6) is 2.13. The molecular weight excluding hydrogens is 382 g/mol. The van der Waals surface area contributed by atoms with Gasteiger partial charge in [-0.05, 0) is 36.6 Å². The molecule has 1 atom stereocenters. The molecule has 0 aliphatic carbocycles. The van der Waals surface area contributed by atoms with Crippen LogP contribution in [0.3, 0.4) is 0 Å². The Morgan fingerprint density at radius 1 is 1.20 bits per heavy atom. The van der Waals surface area contributed by atoms with Gasteiger partial charge in [0.2, 0.25) is 11.8 Å². The Labute approximate surface area is 173 Å². The van der Waals surface area contributed by atoms with E-state index in [0.717, 1.165) is 35.5 Å². The predicted octanol–water partition coefficient (Wildman–Crippen LogP) is 3.17. The van der Waals surface area contributed by atoms with E-state index < -0.39 is 0 Å². The number of anilines is 1. The van der Waals surface area contributed by atoms with Crippen molar-refractivity contribution < 1.29 is 13.9 Å². The maximum atomic E-state index is 5.98. The number of nitrogens with zero attached hydrogens (tertiary/aromatic N) is 4. The molecule has 1 aliphatic heterocycles. The van der Waals surface area contributed by atoms with Crippen molar-refractivity contribution in [3.05, 3.63) is 65.0 Å². The van der Waals surface area contributed by atoms with E-state index in [4.69, 9.17) is 19.6 Å². The summed E-state index contributed by atoms with van der Waals surface area (Å²) in [6, 6.07) is 12.1. The van der Waals surface area contributed by atoms with Gasteiger partial charge in [-0.2, -0.15) is 19.6 Å². The quantitative estimate of drug-likeness (QED) is 0.526. The van der Waals surface area contributed by atoms with Gasteiger partial charge in [0.25, 0.3) is 0 Å². The predicted molar refractivity (Wildman–Crippen MR) is 111 cm³/mol. The van der Waals surface area contributed by atoms with Gasteiger partial charge in [0.1, 0.15) is 5.76 Å². The van der Waals surface area contributed by atoms with Gasteiger partial charge in [0, 0.05) is 18.6 Å². The van der Waals surface area contributed by atoms with Crippen LogP contribution in [-0.4, -0.2) is 38.9 Å². The van der Waals surface area contributed by atoms with Crippen LogP contribution in [0, 0.1) is 6.92 Å². The number of aryl methyl sites for hydroxylation is 1. The molecule has 5 rings (SSSR count). The van der Waals surface area contributed by atoms with E-state index in [1.54, 1.807) is 4.52 Å². The van der Waals surface area contributed by atoms with E-state index in [-0.39, 0.29) is 12.1 Å². The van der Waals surface area contributed by atoms with Crippen molar-refractivity contribution in [1.29, 1.82) is 0 Å². The molecule has 1 fully saturated rings. The zero-order valence-corrected chi connectivity index (χ0v) is 16.7. The summed E-state index contributed by atoms with van der Waals surface area (Å²) in [6.07, 6.45) is 3.64. The van der Waals surface area contributed by atoms with Crippen LogP contribution in [0.2, 0.25) is 0 Å².